The number of nitriles is 1. The second kappa shape index (κ2) is 5.97. The van der Waals surface area contributed by atoms with Gasteiger partial charge in [-0.2, -0.15) is 5.26 Å². The molecular formula is C16H15N3O2. The maximum atomic E-state index is 11.9. The van der Waals surface area contributed by atoms with Gasteiger partial charge in [0.25, 0.3) is 5.91 Å². The van der Waals surface area contributed by atoms with E-state index >= 15 is 0 Å². The minimum atomic E-state index is -0.265. The summed E-state index contributed by atoms with van der Waals surface area (Å²) in [5.41, 5.74) is 7.98. The molecule has 0 saturated heterocycles. The van der Waals surface area contributed by atoms with E-state index in [-0.39, 0.29) is 5.91 Å². The number of carbonyl (C=O) groups is 1. The van der Waals surface area contributed by atoms with E-state index in [0.717, 1.165) is 5.56 Å². The molecule has 2 rings (SSSR count). The quantitative estimate of drug-likeness (QED) is 0.846. The third kappa shape index (κ3) is 3.12. The molecule has 0 unspecified atom stereocenters. The van der Waals surface area contributed by atoms with Crippen molar-refractivity contribution in [3.05, 3.63) is 53.1 Å². The minimum Gasteiger partial charge on any atom is -0.456 e. The fraction of sp³-hybridized carbons (Fsp3) is 0.125. The number of nitrogens with one attached hydrogen (secondary N) is 1. The molecule has 2 aromatic rings. The number of ether oxygens (including phenoxy) is 1. The zero-order chi connectivity index (χ0) is 15.4. The third-order valence-electron chi connectivity index (χ3n) is 3.01. The van der Waals surface area contributed by atoms with E-state index in [1.807, 2.05) is 6.92 Å². The zero-order valence-corrected chi connectivity index (χ0v) is 11.8. The number of rotatable bonds is 3. The van der Waals surface area contributed by atoms with Gasteiger partial charge in [-0.3, -0.25) is 4.79 Å². The van der Waals surface area contributed by atoms with Crippen molar-refractivity contribution >= 4 is 11.6 Å². The Bertz CT molecular complexity index is 733. The Morgan fingerprint density at radius 1 is 1.24 bits per heavy atom. The van der Waals surface area contributed by atoms with Crippen LogP contribution < -0.4 is 15.8 Å². The Labute approximate surface area is 123 Å². The van der Waals surface area contributed by atoms with Gasteiger partial charge in [-0.1, -0.05) is 6.07 Å². The van der Waals surface area contributed by atoms with Gasteiger partial charge in [0.1, 0.15) is 11.5 Å². The molecule has 3 N–H and O–H groups in total. The van der Waals surface area contributed by atoms with E-state index in [1.54, 1.807) is 43.4 Å². The number of nitrogens with two attached hydrogens (primary N) is 1. The molecule has 5 nitrogen and oxygen atoms in total. The molecule has 0 saturated carbocycles. The van der Waals surface area contributed by atoms with Crippen LogP contribution >= 0.6 is 0 Å². The maximum absolute atomic E-state index is 11.9. The second-order valence-corrected chi connectivity index (χ2v) is 4.53. The Balaban J connectivity index is 2.46. The van der Waals surface area contributed by atoms with Crippen LogP contribution in [0.5, 0.6) is 11.5 Å². The maximum Gasteiger partial charge on any atom is 0.254 e. The highest BCUT2D eigenvalue weighted by Gasteiger charge is 2.13. The summed E-state index contributed by atoms with van der Waals surface area (Å²) in [6.07, 6.45) is 0. The molecule has 0 aliphatic heterocycles. The Morgan fingerprint density at radius 2 is 2.00 bits per heavy atom. The van der Waals surface area contributed by atoms with Crippen molar-refractivity contribution in [2.45, 2.75) is 6.92 Å². The molecule has 0 fully saturated rings. The van der Waals surface area contributed by atoms with Crippen molar-refractivity contribution in [2.24, 2.45) is 0 Å². The van der Waals surface area contributed by atoms with Crippen LogP contribution in [-0.4, -0.2) is 13.0 Å². The molecule has 0 bridgehead atoms. The van der Waals surface area contributed by atoms with Crippen molar-refractivity contribution < 1.29 is 9.53 Å². The highest BCUT2D eigenvalue weighted by atomic mass is 16.5. The van der Waals surface area contributed by atoms with Crippen LogP contribution in [0.1, 0.15) is 21.5 Å². The molecule has 0 atom stereocenters. The van der Waals surface area contributed by atoms with Crippen LogP contribution in [0.15, 0.2) is 36.4 Å². The van der Waals surface area contributed by atoms with Crippen LogP contribution in [0.2, 0.25) is 0 Å². The Morgan fingerprint density at radius 3 is 2.67 bits per heavy atom. The molecule has 106 valence electrons. The average Bonchev–Trinajstić information content (AvgIpc) is 2.49. The van der Waals surface area contributed by atoms with Gasteiger partial charge in [-0.15, -0.1) is 0 Å². The van der Waals surface area contributed by atoms with E-state index in [9.17, 15) is 4.79 Å². The first-order chi connectivity index (χ1) is 10.0. The fourth-order valence-corrected chi connectivity index (χ4v) is 1.84. The standard InChI is InChI=1S/C16H15N3O2/c1-10-3-4-11(9-17)7-14(10)21-15-8-12(18)5-6-13(15)16(20)19-2/h3-8H,18H2,1-2H3,(H,19,20). The van der Waals surface area contributed by atoms with E-state index in [2.05, 4.69) is 11.4 Å². The van der Waals surface area contributed by atoms with Gasteiger partial charge in [0, 0.05) is 18.8 Å². The summed E-state index contributed by atoms with van der Waals surface area (Å²) >= 11 is 0. The topological polar surface area (TPSA) is 88.1 Å². The molecule has 1 amide bonds. The Hall–Kier alpha value is -3.00. The average molecular weight is 281 g/mol. The van der Waals surface area contributed by atoms with Crippen molar-refractivity contribution in [3.63, 3.8) is 0 Å². The predicted molar refractivity (Wildman–Crippen MR) is 80.2 cm³/mol. The van der Waals surface area contributed by atoms with Gasteiger partial charge in [-0.05, 0) is 36.8 Å². The lowest BCUT2D eigenvalue weighted by Crippen LogP contribution is -2.18. The molecule has 0 aliphatic carbocycles. The predicted octanol–water partition coefficient (Wildman–Crippen LogP) is 2.60. The van der Waals surface area contributed by atoms with Crippen LogP contribution in [-0.2, 0) is 0 Å². The number of anilines is 1. The Kier molecular flexibility index (Phi) is 4.10. The first-order valence-electron chi connectivity index (χ1n) is 6.35. The van der Waals surface area contributed by atoms with Gasteiger partial charge < -0.3 is 15.8 Å². The van der Waals surface area contributed by atoms with Crippen LogP contribution in [0, 0.1) is 18.3 Å². The summed E-state index contributed by atoms with van der Waals surface area (Å²) in [5, 5.41) is 11.5. The monoisotopic (exact) mass is 281 g/mol. The largest absolute Gasteiger partial charge is 0.456 e. The summed E-state index contributed by atoms with van der Waals surface area (Å²) in [5.74, 6) is 0.608. The van der Waals surface area contributed by atoms with Gasteiger partial charge in [0.2, 0.25) is 0 Å². The van der Waals surface area contributed by atoms with Crippen molar-refractivity contribution in [1.82, 2.24) is 5.32 Å². The number of nitrogens with zero attached hydrogens (tertiary/aromatic N) is 1. The number of carbonyl (C=O) groups excluding carboxylic acids is 1. The molecule has 0 aliphatic rings. The smallest absolute Gasteiger partial charge is 0.254 e. The first-order valence-corrected chi connectivity index (χ1v) is 6.35. The fourth-order valence-electron chi connectivity index (χ4n) is 1.84. The normalized spacial score (nSPS) is 9.76. The molecule has 0 radical (unpaired) electrons. The van der Waals surface area contributed by atoms with Gasteiger partial charge in [0.15, 0.2) is 0 Å². The summed E-state index contributed by atoms with van der Waals surface area (Å²) in [4.78, 5) is 11.9. The number of benzene rings is 2. The summed E-state index contributed by atoms with van der Waals surface area (Å²) in [7, 11) is 1.55. The van der Waals surface area contributed by atoms with Crippen molar-refractivity contribution in [2.75, 3.05) is 12.8 Å². The zero-order valence-electron chi connectivity index (χ0n) is 11.8. The van der Waals surface area contributed by atoms with Crippen molar-refractivity contribution in [3.8, 4) is 17.6 Å². The van der Waals surface area contributed by atoms with E-state index in [4.69, 9.17) is 15.7 Å². The van der Waals surface area contributed by atoms with Crippen LogP contribution in [0.25, 0.3) is 0 Å². The second-order valence-electron chi connectivity index (χ2n) is 4.53. The van der Waals surface area contributed by atoms with Gasteiger partial charge in [0.05, 0.1) is 17.2 Å². The SMILES string of the molecule is CNC(=O)c1ccc(N)cc1Oc1cc(C#N)ccc1C. The minimum absolute atomic E-state index is 0.265. The highest BCUT2D eigenvalue weighted by Crippen LogP contribution is 2.30. The molecule has 0 heterocycles. The molecule has 2 aromatic carbocycles. The number of hydrogen-bond donors (Lipinski definition) is 2. The van der Waals surface area contributed by atoms with Crippen LogP contribution in [0.3, 0.4) is 0 Å². The number of nitrogen functional groups attached to an aromatic ring is 1. The van der Waals surface area contributed by atoms with Crippen molar-refractivity contribution in [1.29, 1.82) is 5.26 Å². The van der Waals surface area contributed by atoms with E-state index in [0.29, 0.717) is 28.3 Å². The molecular weight excluding hydrogens is 266 g/mol. The van der Waals surface area contributed by atoms with Gasteiger partial charge >= 0.3 is 0 Å². The summed E-state index contributed by atoms with van der Waals surface area (Å²) in [6.45, 7) is 1.86. The molecule has 5 heteroatoms. The highest BCUT2D eigenvalue weighted by molar-refractivity contribution is 5.97. The lowest BCUT2D eigenvalue weighted by Gasteiger charge is -2.13. The summed E-state index contributed by atoms with van der Waals surface area (Å²) < 4.78 is 5.79. The summed E-state index contributed by atoms with van der Waals surface area (Å²) in [6, 6.07) is 12.0. The van der Waals surface area contributed by atoms with E-state index in [1.165, 1.54) is 0 Å². The number of hydrogen-bond acceptors (Lipinski definition) is 4. The third-order valence-corrected chi connectivity index (χ3v) is 3.01. The lowest BCUT2D eigenvalue weighted by atomic mass is 10.1. The van der Waals surface area contributed by atoms with E-state index < -0.39 is 0 Å². The molecule has 21 heavy (non-hydrogen) atoms. The van der Waals surface area contributed by atoms with Gasteiger partial charge in [-0.25, -0.2) is 0 Å². The lowest BCUT2D eigenvalue weighted by molar-refractivity contribution is 0.0961. The first kappa shape index (κ1) is 14.4. The number of amides is 1. The molecule has 0 spiro atoms. The number of aryl methyl sites for hydroxylation is 1. The van der Waals surface area contributed by atoms with Crippen LogP contribution in [0.4, 0.5) is 5.69 Å². The molecule has 0 aromatic heterocycles.